The van der Waals surface area contributed by atoms with Gasteiger partial charge in [-0.05, 0) is 33.2 Å². The molecular weight excluding hydrogens is 280 g/mol. The maximum absolute atomic E-state index is 12.4. The van der Waals surface area contributed by atoms with Gasteiger partial charge in [-0.15, -0.1) is 0 Å². The number of hydrogen-bond donors (Lipinski definition) is 1. The average Bonchev–Trinajstić information content (AvgIpc) is 2.89. The fourth-order valence-corrected chi connectivity index (χ4v) is 3.98. The van der Waals surface area contributed by atoms with Gasteiger partial charge in [-0.3, -0.25) is 0 Å². The fraction of sp³-hybridized carbons (Fsp3) is 1.00. The normalized spacial score (nSPS) is 19.9. The van der Waals surface area contributed by atoms with Crippen LogP contribution in [0.15, 0.2) is 0 Å². The molecule has 7 heteroatoms. The number of nitrogens with one attached hydrogen (secondary N) is 1. The maximum Gasteiger partial charge on any atom is 0.215 e. The largest absolute Gasteiger partial charge is 0.380 e. The van der Waals surface area contributed by atoms with Gasteiger partial charge in [0.1, 0.15) is 0 Å². The summed E-state index contributed by atoms with van der Waals surface area (Å²) in [6.07, 6.45) is 1.99. The first kappa shape index (κ1) is 17.8. The zero-order chi connectivity index (χ0) is 14.8. The third kappa shape index (κ3) is 6.49. The molecule has 0 aromatic heterocycles. The molecule has 0 spiro atoms. The van der Waals surface area contributed by atoms with Gasteiger partial charge in [0.05, 0.1) is 19.0 Å². The van der Waals surface area contributed by atoms with E-state index in [9.17, 15) is 8.42 Å². The molecule has 1 fully saturated rings. The highest BCUT2D eigenvalue weighted by molar-refractivity contribution is 7.89. The number of nitrogens with zero attached hydrogens (tertiary/aromatic N) is 1. The summed E-state index contributed by atoms with van der Waals surface area (Å²) in [6, 6.07) is 0.0849. The molecule has 6 nitrogen and oxygen atoms in total. The van der Waals surface area contributed by atoms with Crippen molar-refractivity contribution in [1.82, 2.24) is 9.62 Å². The highest BCUT2D eigenvalue weighted by Crippen LogP contribution is 2.11. The van der Waals surface area contributed by atoms with Gasteiger partial charge in [-0.25, -0.2) is 8.42 Å². The van der Waals surface area contributed by atoms with Crippen molar-refractivity contribution >= 4 is 10.0 Å². The second-order valence-electron chi connectivity index (χ2n) is 4.86. The van der Waals surface area contributed by atoms with E-state index < -0.39 is 10.0 Å². The third-order valence-electron chi connectivity index (χ3n) is 3.35. The van der Waals surface area contributed by atoms with Crippen molar-refractivity contribution in [1.29, 1.82) is 0 Å². The Bertz CT molecular complexity index is 332. The van der Waals surface area contributed by atoms with Crippen LogP contribution in [-0.2, 0) is 19.5 Å². The molecule has 1 unspecified atom stereocenters. The second-order valence-corrected chi connectivity index (χ2v) is 6.88. The van der Waals surface area contributed by atoms with Crippen molar-refractivity contribution in [2.24, 2.45) is 0 Å². The summed E-state index contributed by atoms with van der Waals surface area (Å²) in [4.78, 5) is 0. The Balaban J connectivity index is 2.52. The van der Waals surface area contributed by atoms with Crippen LogP contribution in [0.5, 0.6) is 0 Å². The molecule has 1 rings (SSSR count). The van der Waals surface area contributed by atoms with Gasteiger partial charge in [-0.1, -0.05) is 0 Å². The molecule has 20 heavy (non-hydrogen) atoms. The fourth-order valence-electron chi connectivity index (χ4n) is 2.27. The molecule has 0 aromatic carbocycles. The molecule has 1 N–H and O–H groups in total. The van der Waals surface area contributed by atoms with Gasteiger partial charge < -0.3 is 14.8 Å². The van der Waals surface area contributed by atoms with Gasteiger partial charge in [0.15, 0.2) is 0 Å². The van der Waals surface area contributed by atoms with Crippen LogP contribution in [0, 0.1) is 0 Å². The van der Waals surface area contributed by atoms with E-state index in [2.05, 4.69) is 5.32 Å². The van der Waals surface area contributed by atoms with Crippen molar-refractivity contribution in [3.05, 3.63) is 0 Å². The molecule has 1 aliphatic heterocycles. The minimum Gasteiger partial charge on any atom is -0.380 e. The van der Waals surface area contributed by atoms with Crippen LogP contribution in [0.1, 0.15) is 26.7 Å². The highest BCUT2D eigenvalue weighted by atomic mass is 32.2. The molecule has 0 radical (unpaired) electrons. The highest BCUT2D eigenvalue weighted by Gasteiger charge is 2.27. The Kier molecular flexibility index (Phi) is 8.63. The lowest BCUT2D eigenvalue weighted by molar-refractivity contribution is 0.110. The van der Waals surface area contributed by atoms with E-state index in [0.717, 1.165) is 19.4 Å². The van der Waals surface area contributed by atoms with Crippen LogP contribution in [0.25, 0.3) is 0 Å². The van der Waals surface area contributed by atoms with E-state index in [1.807, 2.05) is 13.8 Å². The molecule has 0 saturated carbocycles. The lowest BCUT2D eigenvalue weighted by Crippen LogP contribution is -2.42. The van der Waals surface area contributed by atoms with Crippen LogP contribution >= 0.6 is 0 Å². The minimum atomic E-state index is -3.26. The number of hydrogen-bond acceptors (Lipinski definition) is 5. The topological polar surface area (TPSA) is 67.9 Å². The summed E-state index contributed by atoms with van der Waals surface area (Å²) in [7, 11) is -3.26. The molecular formula is C13H28N2O4S. The van der Waals surface area contributed by atoms with E-state index in [4.69, 9.17) is 9.47 Å². The van der Waals surface area contributed by atoms with Gasteiger partial charge in [0.2, 0.25) is 10.0 Å². The average molecular weight is 308 g/mol. The predicted molar refractivity (Wildman–Crippen MR) is 79.4 cm³/mol. The number of rotatable bonds is 11. The molecule has 0 aromatic rings. The van der Waals surface area contributed by atoms with Crippen LogP contribution < -0.4 is 5.32 Å². The Morgan fingerprint density at radius 1 is 1.15 bits per heavy atom. The van der Waals surface area contributed by atoms with Crippen LogP contribution in [0.3, 0.4) is 0 Å². The first-order valence-corrected chi connectivity index (χ1v) is 9.07. The summed E-state index contributed by atoms with van der Waals surface area (Å²) in [5.41, 5.74) is 0. The summed E-state index contributed by atoms with van der Waals surface area (Å²) < 4.78 is 36.9. The molecule has 0 aliphatic carbocycles. The molecule has 0 amide bonds. The molecule has 1 saturated heterocycles. The first-order chi connectivity index (χ1) is 9.60. The van der Waals surface area contributed by atoms with Crippen LogP contribution in [-0.4, -0.2) is 70.6 Å². The van der Waals surface area contributed by atoms with E-state index >= 15 is 0 Å². The van der Waals surface area contributed by atoms with E-state index in [1.54, 1.807) is 0 Å². The monoisotopic (exact) mass is 308 g/mol. The van der Waals surface area contributed by atoms with Crippen molar-refractivity contribution in [2.75, 3.05) is 51.8 Å². The zero-order valence-electron chi connectivity index (χ0n) is 12.6. The van der Waals surface area contributed by atoms with E-state index in [0.29, 0.717) is 39.5 Å². The first-order valence-electron chi connectivity index (χ1n) is 7.46. The minimum absolute atomic E-state index is 0.0849. The molecule has 1 aliphatic rings. The third-order valence-corrected chi connectivity index (χ3v) is 5.32. The molecule has 1 heterocycles. The Morgan fingerprint density at radius 3 is 2.20 bits per heavy atom. The van der Waals surface area contributed by atoms with Crippen molar-refractivity contribution in [3.63, 3.8) is 0 Å². The van der Waals surface area contributed by atoms with Gasteiger partial charge in [-0.2, -0.15) is 4.31 Å². The Morgan fingerprint density at radius 2 is 1.75 bits per heavy atom. The van der Waals surface area contributed by atoms with Gasteiger partial charge in [0.25, 0.3) is 0 Å². The van der Waals surface area contributed by atoms with Crippen LogP contribution in [0.4, 0.5) is 0 Å². The zero-order valence-corrected chi connectivity index (χ0v) is 13.5. The SMILES string of the molecule is CCOCCN(CCOCC)S(=O)(=O)CC1CCCN1. The molecule has 0 bridgehead atoms. The Hall–Kier alpha value is -0.210. The summed E-state index contributed by atoms with van der Waals surface area (Å²) in [5, 5.41) is 3.23. The Labute approximate surface area is 122 Å². The lowest BCUT2D eigenvalue weighted by Gasteiger charge is -2.23. The van der Waals surface area contributed by atoms with Crippen LogP contribution in [0.2, 0.25) is 0 Å². The lowest BCUT2D eigenvalue weighted by atomic mass is 10.3. The molecule has 1 atom stereocenters. The van der Waals surface area contributed by atoms with Crippen molar-refractivity contribution < 1.29 is 17.9 Å². The van der Waals surface area contributed by atoms with E-state index in [1.165, 1.54) is 4.31 Å². The molecule has 120 valence electrons. The maximum atomic E-state index is 12.4. The van der Waals surface area contributed by atoms with Gasteiger partial charge >= 0.3 is 0 Å². The smallest absolute Gasteiger partial charge is 0.215 e. The number of sulfonamides is 1. The summed E-state index contributed by atoms with van der Waals surface area (Å²) >= 11 is 0. The summed E-state index contributed by atoms with van der Waals surface area (Å²) in [6.45, 7) is 7.58. The predicted octanol–water partition coefficient (Wildman–Crippen LogP) is 0.443. The second kappa shape index (κ2) is 9.68. The summed E-state index contributed by atoms with van der Waals surface area (Å²) in [5.74, 6) is 0.172. The van der Waals surface area contributed by atoms with Crippen molar-refractivity contribution in [3.8, 4) is 0 Å². The van der Waals surface area contributed by atoms with Gasteiger partial charge in [0, 0.05) is 32.3 Å². The number of ether oxygens (including phenoxy) is 2. The van der Waals surface area contributed by atoms with Crippen molar-refractivity contribution in [2.45, 2.75) is 32.7 Å². The van der Waals surface area contributed by atoms with E-state index in [-0.39, 0.29) is 11.8 Å². The standard InChI is InChI=1S/C13H28N2O4S/c1-3-18-10-8-15(9-11-19-4-2)20(16,17)12-13-6-5-7-14-13/h13-14H,3-12H2,1-2H3. The quantitative estimate of drug-likeness (QED) is 0.561.